The van der Waals surface area contributed by atoms with Crippen molar-refractivity contribution in [2.75, 3.05) is 6.61 Å². The third-order valence-corrected chi connectivity index (χ3v) is 3.02. The summed E-state index contributed by atoms with van der Waals surface area (Å²) >= 11 is 3.29. The van der Waals surface area contributed by atoms with Gasteiger partial charge in [0.15, 0.2) is 0 Å². The Morgan fingerprint density at radius 1 is 1.47 bits per heavy atom. The summed E-state index contributed by atoms with van der Waals surface area (Å²) in [6.07, 6.45) is 2.86. The summed E-state index contributed by atoms with van der Waals surface area (Å²) in [6, 6.07) is 4.16. The Balaban J connectivity index is 2.28. The third-order valence-electron chi connectivity index (χ3n) is 2.34. The average Bonchev–Trinajstić information content (AvgIpc) is 2.69. The number of hydrogen-bond donors (Lipinski definition) is 1. The molecule has 1 aliphatic heterocycles. The molecular formula is C11H11BrFNO. The van der Waals surface area contributed by atoms with Crippen molar-refractivity contribution in [3.05, 3.63) is 45.9 Å². The molecule has 1 aromatic carbocycles. The van der Waals surface area contributed by atoms with E-state index < -0.39 is 0 Å². The highest BCUT2D eigenvalue weighted by Crippen LogP contribution is 2.29. The van der Waals surface area contributed by atoms with Gasteiger partial charge in [-0.05, 0) is 23.8 Å². The Bertz CT molecular complexity index is 406. The van der Waals surface area contributed by atoms with E-state index in [1.165, 1.54) is 12.1 Å². The van der Waals surface area contributed by atoms with E-state index in [0.717, 1.165) is 17.7 Å². The molecule has 0 aliphatic carbocycles. The van der Waals surface area contributed by atoms with E-state index in [0.29, 0.717) is 11.1 Å². The predicted molar refractivity (Wildman–Crippen MR) is 59.7 cm³/mol. The number of ether oxygens (including phenoxy) is 1. The van der Waals surface area contributed by atoms with Crippen LogP contribution in [0.3, 0.4) is 0 Å². The van der Waals surface area contributed by atoms with Gasteiger partial charge in [-0.25, -0.2) is 4.39 Å². The summed E-state index contributed by atoms with van der Waals surface area (Å²) in [7, 11) is 0. The Morgan fingerprint density at radius 3 is 2.87 bits per heavy atom. The maximum absolute atomic E-state index is 12.9. The van der Waals surface area contributed by atoms with Crippen LogP contribution in [0.4, 0.5) is 4.39 Å². The van der Waals surface area contributed by atoms with Gasteiger partial charge < -0.3 is 10.5 Å². The van der Waals surface area contributed by atoms with E-state index in [1.54, 1.807) is 6.07 Å². The Kier molecular flexibility index (Phi) is 3.07. The molecule has 1 aliphatic rings. The molecule has 4 heteroatoms. The summed E-state index contributed by atoms with van der Waals surface area (Å²) in [5.41, 5.74) is 6.84. The fraction of sp³-hybridized carbons (Fsp3) is 0.273. The minimum Gasteiger partial charge on any atom is -0.496 e. The highest BCUT2D eigenvalue weighted by molar-refractivity contribution is 9.10. The van der Waals surface area contributed by atoms with Crippen molar-refractivity contribution in [3.8, 4) is 0 Å². The van der Waals surface area contributed by atoms with Crippen molar-refractivity contribution in [3.63, 3.8) is 0 Å². The van der Waals surface area contributed by atoms with E-state index in [-0.39, 0.29) is 11.9 Å². The van der Waals surface area contributed by atoms with Crippen LogP contribution in [0.15, 0.2) is 34.5 Å². The Labute approximate surface area is 96.0 Å². The van der Waals surface area contributed by atoms with Crippen LogP contribution in [0.5, 0.6) is 0 Å². The molecule has 0 fully saturated rings. The molecule has 1 aromatic rings. The number of hydrogen-bond acceptors (Lipinski definition) is 2. The van der Waals surface area contributed by atoms with Crippen molar-refractivity contribution in [2.45, 2.75) is 12.5 Å². The maximum atomic E-state index is 12.9. The van der Waals surface area contributed by atoms with E-state index >= 15 is 0 Å². The van der Waals surface area contributed by atoms with Gasteiger partial charge in [0.25, 0.3) is 0 Å². The molecule has 2 N–H and O–H groups in total. The van der Waals surface area contributed by atoms with Crippen LogP contribution in [-0.4, -0.2) is 6.61 Å². The summed E-state index contributed by atoms with van der Waals surface area (Å²) in [6.45, 7) is 0.682. The quantitative estimate of drug-likeness (QED) is 0.898. The number of nitrogens with two attached hydrogens (primary N) is 1. The molecule has 1 unspecified atom stereocenters. The number of benzene rings is 1. The van der Waals surface area contributed by atoms with Gasteiger partial charge in [-0.1, -0.05) is 22.0 Å². The minimum atomic E-state index is -0.317. The standard InChI is InChI=1S/C11H11BrFNO/c12-9-6-7(13)3-4-8(9)11(14)10-2-1-5-15-10/h2-4,6,11H,1,5,14H2. The maximum Gasteiger partial charge on any atom is 0.124 e. The molecule has 80 valence electrons. The topological polar surface area (TPSA) is 35.2 Å². The first-order chi connectivity index (χ1) is 7.18. The van der Waals surface area contributed by atoms with Gasteiger partial charge >= 0.3 is 0 Å². The van der Waals surface area contributed by atoms with Crippen molar-refractivity contribution >= 4 is 15.9 Å². The fourth-order valence-corrected chi connectivity index (χ4v) is 2.16. The molecular weight excluding hydrogens is 261 g/mol. The Hall–Kier alpha value is -0.870. The van der Waals surface area contributed by atoms with E-state index in [9.17, 15) is 4.39 Å². The van der Waals surface area contributed by atoms with E-state index in [2.05, 4.69) is 15.9 Å². The van der Waals surface area contributed by atoms with Gasteiger partial charge in [-0.3, -0.25) is 0 Å². The summed E-state index contributed by atoms with van der Waals surface area (Å²) < 4.78 is 18.9. The minimum absolute atomic E-state index is 0.279. The monoisotopic (exact) mass is 271 g/mol. The van der Waals surface area contributed by atoms with Gasteiger partial charge in [0.05, 0.1) is 12.6 Å². The lowest BCUT2D eigenvalue weighted by molar-refractivity contribution is 0.225. The smallest absolute Gasteiger partial charge is 0.124 e. The van der Waals surface area contributed by atoms with E-state index in [4.69, 9.17) is 10.5 Å². The number of rotatable bonds is 2. The van der Waals surface area contributed by atoms with Gasteiger partial charge in [0.2, 0.25) is 0 Å². The molecule has 0 saturated heterocycles. The zero-order chi connectivity index (χ0) is 10.8. The molecule has 0 amide bonds. The lowest BCUT2D eigenvalue weighted by atomic mass is 10.1. The highest BCUT2D eigenvalue weighted by atomic mass is 79.9. The molecule has 0 radical (unpaired) electrons. The largest absolute Gasteiger partial charge is 0.496 e. The van der Waals surface area contributed by atoms with Crippen molar-refractivity contribution in [1.82, 2.24) is 0 Å². The summed E-state index contributed by atoms with van der Waals surface area (Å²) in [5.74, 6) is 0.487. The van der Waals surface area contributed by atoms with Crippen molar-refractivity contribution in [2.24, 2.45) is 5.73 Å². The lowest BCUT2D eigenvalue weighted by Gasteiger charge is -2.15. The molecule has 0 bridgehead atoms. The first-order valence-electron chi connectivity index (χ1n) is 4.72. The van der Waals surface area contributed by atoms with Gasteiger partial charge in [-0.15, -0.1) is 0 Å². The van der Waals surface area contributed by atoms with Crippen LogP contribution < -0.4 is 5.73 Å². The van der Waals surface area contributed by atoms with Crippen LogP contribution in [-0.2, 0) is 4.74 Å². The van der Waals surface area contributed by atoms with Crippen LogP contribution in [0.1, 0.15) is 18.0 Å². The zero-order valence-electron chi connectivity index (χ0n) is 8.04. The molecule has 2 nitrogen and oxygen atoms in total. The second kappa shape index (κ2) is 4.33. The lowest BCUT2D eigenvalue weighted by Crippen LogP contribution is -2.14. The SMILES string of the molecule is NC(C1=CCCO1)c1ccc(F)cc1Br. The predicted octanol–water partition coefficient (Wildman–Crippen LogP) is 2.89. The molecule has 1 atom stereocenters. The van der Waals surface area contributed by atoms with Crippen LogP contribution in [0.2, 0.25) is 0 Å². The first-order valence-corrected chi connectivity index (χ1v) is 5.51. The highest BCUT2D eigenvalue weighted by Gasteiger charge is 2.18. The first kappa shape index (κ1) is 10.6. The van der Waals surface area contributed by atoms with Gasteiger partial charge in [0.1, 0.15) is 11.6 Å². The van der Waals surface area contributed by atoms with Crippen LogP contribution in [0, 0.1) is 5.82 Å². The fourth-order valence-electron chi connectivity index (χ4n) is 1.56. The van der Waals surface area contributed by atoms with E-state index in [1.807, 2.05) is 6.08 Å². The average molecular weight is 272 g/mol. The number of halogens is 2. The molecule has 0 spiro atoms. The zero-order valence-corrected chi connectivity index (χ0v) is 9.63. The Morgan fingerprint density at radius 2 is 2.27 bits per heavy atom. The molecule has 2 rings (SSSR count). The summed E-state index contributed by atoms with van der Waals surface area (Å²) in [4.78, 5) is 0. The molecule has 1 heterocycles. The third kappa shape index (κ3) is 2.21. The molecule has 0 aromatic heterocycles. The van der Waals surface area contributed by atoms with Crippen LogP contribution in [0.25, 0.3) is 0 Å². The second-order valence-corrected chi connectivity index (χ2v) is 4.24. The van der Waals surface area contributed by atoms with Crippen molar-refractivity contribution < 1.29 is 9.13 Å². The normalized spacial score (nSPS) is 17.1. The van der Waals surface area contributed by atoms with Crippen molar-refractivity contribution in [1.29, 1.82) is 0 Å². The molecule has 0 saturated carbocycles. The van der Waals surface area contributed by atoms with Gasteiger partial charge in [0, 0.05) is 10.9 Å². The summed E-state index contributed by atoms with van der Waals surface area (Å²) in [5, 5.41) is 0. The van der Waals surface area contributed by atoms with Gasteiger partial charge in [-0.2, -0.15) is 0 Å². The second-order valence-electron chi connectivity index (χ2n) is 3.39. The van der Waals surface area contributed by atoms with Crippen LogP contribution >= 0.6 is 15.9 Å². The molecule has 15 heavy (non-hydrogen) atoms.